The van der Waals surface area contributed by atoms with E-state index in [4.69, 9.17) is 0 Å². The lowest BCUT2D eigenvalue weighted by Crippen LogP contribution is -2.24. The Hall–Kier alpha value is -2.95. The summed E-state index contributed by atoms with van der Waals surface area (Å²) in [5.41, 5.74) is 0.154. The van der Waals surface area contributed by atoms with Gasteiger partial charge in [-0.05, 0) is 24.0 Å². The highest BCUT2D eigenvalue weighted by atomic mass is 32.2. The van der Waals surface area contributed by atoms with Crippen molar-refractivity contribution in [2.24, 2.45) is 0 Å². The first-order valence-corrected chi connectivity index (χ1v) is 8.71. The van der Waals surface area contributed by atoms with Crippen LogP contribution >= 0.6 is 0 Å². The molecule has 1 aromatic heterocycles. The van der Waals surface area contributed by atoms with Gasteiger partial charge in [0.2, 0.25) is 4.90 Å². The summed E-state index contributed by atoms with van der Waals surface area (Å²) in [6, 6.07) is 6.01. The van der Waals surface area contributed by atoms with Gasteiger partial charge in [-0.1, -0.05) is 12.1 Å². The van der Waals surface area contributed by atoms with E-state index in [0.29, 0.717) is 0 Å². The number of nitrogens with one attached hydrogen (secondary N) is 1. The van der Waals surface area contributed by atoms with Crippen molar-refractivity contribution in [3.05, 3.63) is 46.1 Å². The van der Waals surface area contributed by atoms with E-state index in [1.807, 2.05) is 0 Å². The summed E-state index contributed by atoms with van der Waals surface area (Å²) in [4.78, 5) is 23.1. The molecule has 0 fully saturated rings. The Bertz CT molecular complexity index is 919. The Labute approximate surface area is 144 Å². The molecule has 1 amide bonds. The summed E-state index contributed by atoms with van der Waals surface area (Å²) < 4.78 is 28.6. The zero-order valence-corrected chi connectivity index (χ0v) is 14.6. The first kappa shape index (κ1) is 18.4. The Morgan fingerprint density at radius 1 is 1.36 bits per heavy atom. The average molecular weight is 367 g/mol. The number of rotatable bonds is 6. The number of nitro groups is 1. The van der Waals surface area contributed by atoms with Gasteiger partial charge < -0.3 is 15.0 Å². The number of sulfonamides is 1. The predicted octanol–water partition coefficient (Wildman–Crippen LogP) is 1.31. The van der Waals surface area contributed by atoms with Crippen LogP contribution in [0.1, 0.15) is 17.3 Å². The number of aryl methyl sites for hydroxylation is 1. The van der Waals surface area contributed by atoms with E-state index in [-0.39, 0.29) is 17.8 Å². The van der Waals surface area contributed by atoms with E-state index < -0.39 is 31.6 Å². The van der Waals surface area contributed by atoms with Gasteiger partial charge in [0.25, 0.3) is 15.9 Å². The highest BCUT2D eigenvalue weighted by Crippen LogP contribution is 2.26. The Morgan fingerprint density at radius 2 is 2.00 bits per heavy atom. The van der Waals surface area contributed by atoms with Crippen molar-refractivity contribution in [3.63, 3.8) is 0 Å². The van der Waals surface area contributed by atoms with Gasteiger partial charge in [0, 0.05) is 14.1 Å². The number of carbonyl (C=O) groups is 1. The van der Waals surface area contributed by atoms with Gasteiger partial charge >= 0.3 is 5.82 Å². The molecule has 0 spiro atoms. The van der Waals surface area contributed by atoms with Gasteiger partial charge in [-0.3, -0.25) is 9.52 Å². The second-order valence-corrected chi connectivity index (χ2v) is 6.93. The summed E-state index contributed by atoms with van der Waals surface area (Å²) in [6.45, 7) is 1.94. The number of hydrogen-bond acceptors (Lipinski definition) is 6. The van der Waals surface area contributed by atoms with Crippen LogP contribution in [0, 0.1) is 10.1 Å². The quantitative estimate of drug-likeness (QED) is 0.606. The van der Waals surface area contributed by atoms with Crippen LogP contribution in [-0.4, -0.2) is 48.0 Å². The fourth-order valence-electron chi connectivity index (χ4n) is 2.07. The van der Waals surface area contributed by atoms with Gasteiger partial charge in [0.15, 0.2) is 0 Å². The van der Waals surface area contributed by atoms with Gasteiger partial charge in [-0.25, -0.2) is 8.42 Å². The molecule has 0 saturated heterocycles. The van der Waals surface area contributed by atoms with Crippen molar-refractivity contribution in [1.29, 1.82) is 0 Å². The maximum atomic E-state index is 12.6. The molecule has 0 bridgehead atoms. The number of para-hydroxylation sites is 1. The van der Waals surface area contributed by atoms with E-state index in [2.05, 4.69) is 9.82 Å². The number of nitrogens with zero attached hydrogens (tertiary/aromatic N) is 4. The lowest BCUT2D eigenvalue weighted by Gasteiger charge is -2.14. The molecule has 1 aromatic carbocycles. The molecular formula is C14H17N5O5S. The zero-order chi connectivity index (χ0) is 18.8. The number of hydrogen-bond donors (Lipinski definition) is 1. The van der Waals surface area contributed by atoms with E-state index in [9.17, 15) is 23.3 Å². The summed E-state index contributed by atoms with van der Waals surface area (Å²) in [5, 5.41) is 14.7. The normalized spacial score (nSPS) is 11.2. The van der Waals surface area contributed by atoms with Crippen molar-refractivity contribution in [2.75, 3.05) is 18.8 Å². The molecule has 0 aliphatic carbocycles. The molecule has 2 rings (SSSR count). The molecule has 134 valence electrons. The van der Waals surface area contributed by atoms with Crippen LogP contribution in [0.5, 0.6) is 0 Å². The van der Waals surface area contributed by atoms with Crippen LogP contribution in [0.2, 0.25) is 0 Å². The van der Waals surface area contributed by atoms with Crippen molar-refractivity contribution >= 4 is 27.4 Å². The molecule has 0 unspecified atom stereocenters. The molecule has 0 saturated carbocycles. The summed E-state index contributed by atoms with van der Waals surface area (Å²) in [7, 11) is -1.24. The fraction of sp³-hybridized carbons (Fsp3) is 0.286. The van der Waals surface area contributed by atoms with Crippen molar-refractivity contribution < 1.29 is 18.1 Å². The van der Waals surface area contributed by atoms with Gasteiger partial charge in [-0.15, -0.1) is 0 Å². The first-order chi connectivity index (χ1) is 11.7. The second-order valence-electron chi connectivity index (χ2n) is 5.28. The molecule has 11 heteroatoms. The Kier molecular flexibility index (Phi) is 5.07. The molecule has 25 heavy (non-hydrogen) atoms. The summed E-state index contributed by atoms with van der Waals surface area (Å²) in [6.07, 6.45) is 1.08. The highest BCUT2D eigenvalue weighted by Gasteiger charge is 2.32. The lowest BCUT2D eigenvalue weighted by molar-refractivity contribution is -0.392. The Morgan fingerprint density at radius 3 is 2.56 bits per heavy atom. The molecule has 1 heterocycles. The maximum absolute atomic E-state index is 12.6. The third-order valence-corrected chi connectivity index (χ3v) is 4.66. The summed E-state index contributed by atoms with van der Waals surface area (Å²) >= 11 is 0. The molecular weight excluding hydrogens is 350 g/mol. The molecule has 0 radical (unpaired) electrons. The van der Waals surface area contributed by atoms with Crippen molar-refractivity contribution in [2.45, 2.75) is 18.4 Å². The third kappa shape index (κ3) is 3.76. The highest BCUT2D eigenvalue weighted by molar-refractivity contribution is 7.92. The van der Waals surface area contributed by atoms with Crippen LogP contribution in [0.3, 0.4) is 0 Å². The Balaban J connectivity index is 2.49. The molecule has 0 aliphatic heterocycles. The second kappa shape index (κ2) is 6.89. The minimum absolute atomic E-state index is 0.0275. The molecule has 0 aliphatic rings. The minimum Gasteiger partial charge on any atom is -0.358 e. The number of amides is 1. The van der Waals surface area contributed by atoms with E-state index in [0.717, 1.165) is 10.9 Å². The van der Waals surface area contributed by atoms with Gasteiger partial charge in [0.05, 0.1) is 29.1 Å². The molecule has 10 nitrogen and oxygen atoms in total. The van der Waals surface area contributed by atoms with Crippen LogP contribution < -0.4 is 4.72 Å². The van der Waals surface area contributed by atoms with Crippen molar-refractivity contribution in [1.82, 2.24) is 14.7 Å². The number of anilines is 1. The molecule has 2 aromatic rings. The van der Waals surface area contributed by atoms with E-state index in [1.165, 1.54) is 31.1 Å². The summed E-state index contributed by atoms with van der Waals surface area (Å²) in [5.74, 6) is -1.18. The van der Waals surface area contributed by atoms with Crippen molar-refractivity contribution in [3.8, 4) is 0 Å². The zero-order valence-electron chi connectivity index (χ0n) is 13.8. The van der Waals surface area contributed by atoms with Crippen LogP contribution in [0.15, 0.2) is 35.4 Å². The fourth-order valence-corrected chi connectivity index (χ4v) is 3.26. The smallest absolute Gasteiger partial charge is 0.358 e. The van der Waals surface area contributed by atoms with E-state index >= 15 is 0 Å². The number of benzene rings is 1. The molecule has 0 atom stereocenters. The number of aromatic nitrogens is 2. The van der Waals surface area contributed by atoms with Gasteiger partial charge in [-0.2, -0.15) is 4.68 Å². The van der Waals surface area contributed by atoms with Gasteiger partial charge in [0.1, 0.15) is 0 Å². The van der Waals surface area contributed by atoms with Crippen LogP contribution in [0.4, 0.5) is 11.5 Å². The standard InChI is InChI=1S/C14H17N5O5S/c1-4-18-9-12(13(15-18)19(21)22)25(23,24)16-11-8-6-5-7-10(11)14(20)17(2)3/h5-9,16H,4H2,1-3H3. The monoisotopic (exact) mass is 367 g/mol. The van der Waals surface area contributed by atoms with Crippen LogP contribution in [-0.2, 0) is 16.6 Å². The lowest BCUT2D eigenvalue weighted by atomic mass is 10.1. The number of carbonyl (C=O) groups excluding carboxylic acids is 1. The third-order valence-electron chi connectivity index (χ3n) is 3.30. The minimum atomic E-state index is -4.31. The van der Waals surface area contributed by atoms with E-state index in [1.54, 1.807) is 19.1 Å². The largest absolute Gasteiger partial charge is 0.410 e. The average Bonchev–Trinajstić information content (AvgIpc) is 3.00. The predicted molar refractivity (Wildman–Crippen MR) is 89.8 cm³/mol. The topological polar surface area (TPSA) is 127 Å². The maximum Gasteiger partial charge on any atom is 0.410 e. The SMILES string of the molecule is CCn1cc(S(=O)(=O)Nc2ccccc2C(=O)N(C)C)c([N+](=O)[O-])n1. The first-order valence-electron chi connectivity index (χ1n) is 7.22. The molecule has 1 N–H and O–H groups in total. The van der Waals surface area contributed by atoms with Crippen LogP contribution in [0.25, 0.3) is 0 Å².